The number of hydrogen-bond acceptors (Lipinski definition) is 6. The Balaban J connectivity index is 1.34. The number of fused-ring (bicyclic) bond motifs is 1. The summed E-state index contributed by atoms with van der Waals surface area (Å²) < 4.78 is 0. The van der Waals surface area contributed by atoms with Crippen molar-refractivity contribution >= 4 is 27.4 Å². The van der Waals surface area contributed by atoms with Gasteiger partial charge < -0.3 is 15.3 Å². The summed E-state index contributed by atoms with van der Waals surface area (Å²) in [6.07, 6.45) is 8.12. The summed E-state index contributed by atoms with van der Waals surface area (Å²) in [4.78, 5) is 12.7. The summed E-state index contributed by atoms with van der Waals surface area (Å²) >= 11 is 1.69. The van der Waals surface area contributed by atoms with Crippen molar-refractivity contribution in [3.05, 3.63) is 42.0 Å². The van der Waals surface area contributed by atoms with Gasteiger partial charge in [-0.05, 0) is 31.2 Å². The molecule has 1 aromatic carbocycles. The van der Waals surface area contributed by atoms with E-state index in [4.69, 9.17) is 4.98 Å². The summed E-state index contributed by atoms with van der Waals surface area (Å²) in [6.45, 7) is 1.97. The van der Waals surface area contributed by atoms with Gasteiger partial charge >= 0.3 is 0 Å². The molecular weight excluding hydrogens is 380 g/mol. The fraction of sp³-hybridized carbons (Fsp3) is 0.478. The van der Waals surface area contributed by atoms with Crippen molar-refractivity contribution < 1.29 is 5.11 Å². The van der Waals surface area contributed by atoms with Crippen LogP contribution in [0.1, 0.15) is 38.5 Å². The zero-order chi connectivity index (χ0) is 19.6. The number of nitrogens with one attached hydrogen (secondary N) is 1. The van der Waals surface area contributed by atoms with E-state index in [1.54, 1.807) is 17.7 Å². The number of rotatable bonds is 4. The number of anilines is 1. The Morgan fingerprint density at radius 3 is 2.59 bits per heavy atom. The molecule has 0 radical (unpaired) electrons. The van der Waals surface area contributed by atoms with Crippen molar-refractivity contribution in [2.75, 3.05) is 18.0 Å². The van der Waals surface area contributed by atoms with E-state index in [-0.39, 0.29) is 12.1 Å². The van der Waals surface area contributed by atoms with E-state index in [0.29, 0.717) is 6.04 Å². The molecule has 152 valence electrons. The Bertz CT molecular complexity index is 952. The maximum atomic E-state index is 10.3. The highest BCUT2D eigenvalue weighted by Crippen LogP contribution is 2.38. The number of nitrogens with zero attached hydrogens (tertiary/aromatic N) is 3. The summed E-state index contributed by atoms with van der Waals surface area (Å²) in [5, 5.41) is 17.4. The van der Waals surface area contributed by atoms with Crippen molar-refractivity contribution in [1.29, 1.82) is 0 Å². The second-order valence-corrected chi connectivity index (χ2v) is 9.14. The zero-order valence-corrected chi connectivity index (χ0v) is 17.4. The van der Waals surface area contributed by atoms with Gasteiger partial charge in [0.25, 0.3) is 0 Å². The lowest BCUT2D eigenvalue weighted by molar-refractivity contribution is 0.0828. The number of aliphatic hydroxyl groups is 1. The first-order valence-electron chi connectivity index (χ1n) is 10.8. The number of piperidine rings is 1. The van der Waals surface area contributed by atoms with E-state index in [0.717, 1.165) is 55.8 Å². The Morgan fingerprint density at radius 1 is 1.00 bits per heavy atom. The van der Waals surface area contributed by atoms with Crippen LogP contribution in [0.15, 0.2) is 42.0 Å². The number of aliphatic hydroxyl groups excluding tert-OH is 1. The van der Waals surface area contributed by atoms with Crippen LogP contribution in [0.3, 0.4) is 0 Å². The quantitative estimate of drug-likeness (QED) is 0.677. The first-order chi connectivity index (χ1) is 14.3. The van der Waals surface area contributed by atoms with Gasteiger partial charge in [-0.2, -0.15) is 0 Å². The van der Waals surface area contributed by atoms with Crippen molar-refractivity contribution in [2.24, 2.45) is 0 Å². The third-order valence-corrected chi connectivity index (χ3v) is 7.30. The van der Waals surface area contributed by atoms with E-state index in [1.807, 2.05) is 0 Å². The largest absolute Gasteiger partial charge is 0.392 e. The van der Waals surface area contributed by atoms with E-state index in [2.05, 4.69) is 50.9 Å². The third-order valence-electron chi connectivity index (χ3n) is 6.41. The van der Waals surface area contributed by atoms with Crippen LogP contribution in [0.25, 0.3) is 21.3 Å². The van der Waals surface area contributed by atoms with Gasteiger partial charge in [0.1, 0.15) is 17.0 Å². The van der Waals surface area contributed by atoms with Gasteiger partial charge in [-0.25, -0.2) is 9.97 Å². The molecule has 0 spiro atoms. The molecule has 3 heterocycles. The molecule has 5 rings (SSSR count). The number of aromatic nitrogens is 2. The molecule has 3 aromatic rings. The summed E-state index contributed by atoms with van der Waals surface area (Å²) in [5.41, 5.74) is 2.45. The second-order valence-electron chi connectivity index (χ2n) is 8.28. The molecular formula is C23H28N4OS. The highest BCUT2D eigenvalue weighted by Gasteiger charge is 2.28. The molecule has 2 aliphatic rings. The Hall–Kier alpha value is -2.02. The van der Waals surface area contributed by atoms with Crippen LogP contribution in [0.5, 0.6) is 0 Å². The molecule has 2 fully saturated rings. The van der Waals surface area contributed by atoms with Gasteiger partial charge in [-0.3, -0.25) is 0 Å². The maximum Gasteiger partial charge on any atom is 0.141 e. The van der Waals surface area contributed by atoms with E-state index < -0.39 is 0 Å². The predicted molar refractivity (Wildman–Crippen MR) is 119 cm³/mol. The molecule has 1 saturated carbocycles. The average Bonchev–Trinajstić information content (AvgIpc) is 3.21. The van der Waals surface area contributed by atoms with Crippen molar-refractivity contribution in [2.45, 2.75) is 56.7 Å². The van der Waals surface area contributed by atoms with E-state index in [9.17, 15) is 5.11 Å². The van der Waals surface area contributed by atoms with Crippen LogP contribution in [0, 0.1) is 0 Å². The number of benzene rings is 1. The van der Waals surface area contributed by atoms with Crippen LogP contribution >= 0.6 is 11.3 Å². The fourth-order valence-corrected chi connectivity index (χ4v) is 5.71. The van der Waals surface area contributed by atoms with Gasteiger partial charge in [-0.15, -0.1) is 11.3 Å². The van der Waals surface area contributed by atoms with Gasteiger partial charge in [0.15, 0.2) is 0 Å². The maximum absolute atomic E-state index is 10.3. The standard InChI is InChI=1S/C23H28N4OS/c28-20-9-5-4-8-19(20)26-17-10-12-27(13-11-17)22-21-18(16-6-2-1-3-7-16)14-29-23(21)25-15-24-22/h1-3,6-7,14-15,17,19-20,26,28H,4-5,8-13H2/t19-,20+/m0/s1. The highest BCUT2D eigenvalue weighted by atomic mass is 32.1. The molecule has 29 heavy (non-hydrogen) atoms. The Kier molecular flexibility index (Phi) is 5.48. The average molecular weight is 409 g/mol. The minimum atomic E-state index is -0.178. The SMILES string of the molecule is O[C@@H]1CCCC[C@@H]1NC1CCN(c2ncnc3scc(-c4ccccc4)c23)CC1. The molecule has 2 aromatic heterocycles. The second kappa shape index (κ2) is 8.38. The zero-order valence-electron chi connectivity index (χ0n) is 16.6. The monoisotopic (exact) mass is 408 g/mol. The molecule has 0 bridgehead atoms. The van der Waals surface area contributed by atoms with Crippen molar-refractivity contribution in [3.63, 3.8) is 0 Å². The number of thiophene rings is 1. The Labute approximate surface area is 175 Å². The summed E-state index contributed by atoms with van der Waals surface area (Å²) in [5.74, 6) is 1.06. The van der Waals surface area contributed by atoms with Crippen molar-refractivity contribution in [1.82, 2.24) is 15.3 Å². The molecule has 0 amide bonds. The first-order valence-corrected chi connectivity index (χ1v) is 11.6. The first kappa shape index (κ1) is 19.0. The molecule has 1 saturated heterocycles. The molecule has 0 unspecified atom stereocenters. The molecule has 5 nitrogen and oxygen atoms in total. The molecule has 1 aliphatic heterocycles. The van der Waals surface area contributed by atoms with Crippen LogP contribution in [0.4, 0.5) is 5.82 Å². The number of hydrogen-bond donors (Lipinski definition) is 2. The van der Waals surface area contributed by atoms with Gasteiger partial charge in [0, 0.05) is 36.1 Å². The van der Waals surface area contributed by atoms with Crippen LogP contribution in [-0.4, -0.2) is 46.4 Å². The smallest absolute Gasteiger partial charge is 0.141 e. The minimum Gasteiger partial charge on any atom is -0.392 e. The van der Waals surface area contributed by atoms with Crippen LogP contribution in [0.2, 0.25) is 0 Å². The predicted octanol–water partition coefficient (Wildman–Crippen LogP) is 4.22. The molecule has 2 N–H and O–H groups in total. The highest BCUT2D eigenvalue weighted by molar-refractivity contribution is 7.17. The van der Waals surface area contributed by atoms with E-state index in [1.165, 1.54) is 22.9 Å². The Morgan fingerprint density at radius 2 is 1.79 bits per heavy atom. The molecule has 6 heteroatoms. The van der Waals surface area contributed by atoms with Crippen LogP contribution in [-0.2, 0) is 0 Å². The lowest BCUT2D eigenvalue weighted by atomic mass is 9.91. The molecule has 1 aliphatic carbocycles. The molecule has 2 atom stereocenters. The van der Waals surface area contributed by atoms with Gasteiger partial charge in [-0.1, -0.05) is 43.2 Å². The fourth-order valence-electron chi connectivity index (χ4n) is 4.80. The van der Waals surface area contributed by atoms with Gasteiger partial charge in [0.05, 0.1) is 11.5 Å². The lowest BCUT2D eigenvalue weighted by Gasteiger charge is -2.37. The minimum absolute atomic E-state index is 0.178. The van der Waals surface area contributed by atoms with Gasteiger partial charge in [0.2, 0.25) is 0 Å². The summed E-state index contributed by atoms with van der Waals surface area (Å²) in [6, 6.07) is 11.3. The van der Waals surface area contributed by atoms with Crippen molar-refractivity contribution in [3.8, 4) is 11.1 Å². The summed E-state index contributed by atoms with van der Waals surface area (Å²) in [7, 11) is 0. The normalized spacial score (nSPS) is 23.6. The topological polar surface area (TPSA) is 61.3 Å². The lowest BCUT2D eigenvalue weighted by Crippen LogP contribution is -2.51. The van der Waals surface area contributed by atoms with E-state index >= 15 is 0 Å². The third kappa shape index (κ3) is 3.89. The van der Waals surface area contributed by atoms with Crippen LogP contribution < -0.4 is 10.2 Å².